The smallest absolute Gasteiger partial charge is 0.309 e. The molecule has 1 aliphatic heterocycles. The van der Waals surface area contributed by atoms with Gasteiger partial charge in [0.25, 0.3) is 0 Å². The molecule has 0 atom stereocenters. The highest BCUT2D eigenvalue weighted by Gasteiger charge is 2.23. The highest BCUT2D eigenvalue weighted by molar-refractivity contribution is 5.72. The Morgan fingerprint density at radius 2 is 1.19 bits per heavy atom. The second-order valence-electron chi connectivity index (χ2n) is 8.92. The molecule has 0 aromatic heterocycles. The number of hydrogen-bond donors (Lipinski definition) is 3. The van der Waals surface area contributed by atoms with Crippen LogP contribution in [0.1, 0.15) is 103 Å². The Morgan fingerprint density at radius 3 is 1.68 bits per heavy atom. The van der Waals surface area contributed by atoms with Crippen LogP contribution in [0.4, 0.5) is 0 Å². The van der Waals surface area contributed by atoms with E-state index >= 15 is 0 Å². The van der Waals surface area contributed by atoms with Gasteiger partial charge in [0, 0.05) is 12.8 Å². The number of rotatable bonds is 19. The molecule has 1 heterocycles. The summed E-state index contributed by atoms with van der Waals surface area (Å²) >= 11 is 0. The Labute approximate surface area is 187 Å². The maximum Gasteiger partial charge on any atom is 0.309 e. The number of ether oxygens (including phenoxy) is 1. The van der Waals surface area contributed by atoms with E-state index < -0.39 is 11.9 Å². The Balaban J connectivity index is 2.25. The number of carbonyl (C=O) groups is 3. The molecule has 0 unspecified atom stereocenters. The minimum Gasteiger partial charge on any atom is -0.481 e. The molecule has 0 aliphatic carbocycles. The van der Waals surface area contributed by atoms with E-state index in [9.17, 15) is 14.4 Å². The van der Waals surface area contributed by atoms with Crippen LogP contribution < -0.4 is 5.32 Å². The van der Waals surface area contributed by atoms with Gasteiger partial charge in [-0.05, 0) is 57.5 Å². The van der Waals surface area contributed by atoms with Gasteiger partial charge in [-0.3, -0.25) is 14.4 Å². The Kier molecular flexibility index (Phi) is 15.9. The molecule has 0 bridgehead atoms. The van der Waals surface area contributed by atoms with Crippen molar-refractivity contribution < 1.29 is 29.3 Å². The van der Waals surface area contributed by atoms with Crippen LogP contribution in [0.3, 0.4) is 0 Å². The molecule has 31 heavy (non-hydrogen) atoms. The van der Waals surface area contributed by atoms with Gasteiger partial charge in [-0.25, -0.2) is 0 Å². The second kappa shape index (κ2) is 18.0. The zero-order valence-corrected chi connectivity index (χ0v) is 19.1. The summed E-state index contributed by atoms with van der Waals surface area (Å²) in [5.74, 6) is -1.08. The van der Waals surface area contributed by atoms with E-state index in [1.54, 1.807) is 0 Å². The van der Waals surface area contributed by atoms with Crippen LogP contribution in [0.15, 0.2) is 0 Å². The number of esters is 1. The van der Waals surface area contributed by atoms with Crippen molar-refractivity contribution in [2.45, 2.75) is 103 Å². The van der Waals surface area contributed by atoms with Gasteiger partial charge < -0.3 is 20.3 Å². The molecule has 1 aliphatic rings. The lowest BCUT2D eigenvalue weighted by Gasteiger charge is -2.23. The molecule has 3 N–H and O–H groups in total. The summed E-state index contributed by atoms with van der Waals surface area (Å²) in [5, 5.41) is 20.7. The SMILES string of the molecule is O=C(O)CCCCCCCC(CCCCCCCC(=O)O)COC(=O)C1CCNCC1. The first kappa shape index (κ1) is 27.4. The molecular weight excluding hydrogens is 398 g/mol. The quantitative estimate of drug-likeness (QED) is 0.195. The molecule has 7 nitrogen and oxygen atoms in total. The fourth-order valence-electron chi connectivity index (χ4n) is 4.17. The number of piperidine rings is 1. The topological polar surface area (TPSA) is 113 Å². The highest BCUT2D eigenvalue weighted by atomic mass is 16.5. The second-order valence-corrected chi connectivity index (χ2v) is 8.92. The third-order valence-corrected chi connectivity index (χ3v) is 6.14. The zero-order valence-electron chi connectivity index (χ0n) is 19.1. The van der Waals surface area contributed by atoms with Crippen molar-refractivity contribution in [2.75, 3.05) is 19.7 Å². The molecule has 0 aromatic rings. The summed E-state index contributed by atoms with van der Waals surface area (Å²) in [4.78, 5) is 33.5. The predicted octanol–water partition coefficient (Wildman–Crippen LogP) is 4.78. The summed E-state index contributed by atoms with van der Waals surface area (Å²) < 4.78 is 5.69. The molecule has 0 aromatic carbocycles. The number of aliphatic carboxylic acids is 2. The third kappa shape index (κ3) is 15.8. The maximum absolute atomic E-state index is 12.4. The number of carbonyl (C=O) groups excluding carboxylic acids is 1. The van der Waals surface area contributed by atoms with Gasteiger partial charge in [-0.1, -0.05) is 51.4 Å². The van der Waals surface area contributed by atoms with Crippen LogP contribution in [0.25, 0.3) is 0 Å². The third-order valence-electron chi connectivity index (χ3n) is 6.14. The molecule has 180 valence electrons. The van der Waals surface area contributed by atoms with Crippen molar-refractivity contribution in [2.24, 2.45) is 11.8 Å². The normalized spacial score (nSPS) is 14.6. The molecule has 0 saturated carbocycles. The van der Waals surface area contributed by atoms with E-state index in [0.29, 0.717) is 12.5 Å². The van der Waals surface area contributed by atoms with Crippen LogP contribution >= 0.6 is 0 Å². The summed E-state index contributed by atoms with van der Waals surface area (Å²) in [5.41, 5.74) is 0. The lowest BCUT2D eigenvalue weighted by atomic mass is 9.94. The van der Waals surface area contributed by atoms with Gasteiger partial charge in [0.15, 0.2) is 0 Å². The summed E-state index contributed by atoms with van der Waals surface area (Å²) in [6.07, 6.45) is 14.2. The molecule has 0 spiro atoms. The fourth-order valence-corrected chi connectivity index (χ4v) is 4.17. The summed E-state index contributed by atoms with van der Waals surface area (Å²) in [7, 11) is 0. The first-order chi connectivity index (χ1) is 15.0. The Morgan fingerprint density at radius 1 is 0.742 bits per heavy atom. The average molecular weight is 442 g/mol. The molecule has 7 heteroatoms. The van der Waals surface area contributed by atoms with Crippen molar-refractivity contribution in [1.29, 1.82) is 0 Å². The monoisotopic (exact) mass is 441 g/mol. The van der Waals surface area contributed by atoms with Crippen LogP contribution in [-0.4, -0.2) is 47.8 Å². The van der Waals surface area contributed by atoms with Gasteiger partial charge in [-0.2, -0.15) is 0 Å². The van der Waals surface area contributed by atoms with Crippen LogP contribution in [0.2, 0.25) is 0 Å². The maximum atomic E-state index is 12.4. The number of carboxylic acid groups (broad SMARTS) is 2. The van der Waals surface area contributed by atoms with Crippen LogP contribution in [0, 0.1) is 11.8 Å². The Hall–Kier alpha value is -1.63. The molecular formula is C24H43NO6. The largest absolute Gasteiger partial charge is 0.481 e. The lowest BCUT2D eigenvalue weighted by molar-refractivity contribution is -0.151. The van der Waals surface area contributed by atoms with Gasteiger partial charge in [-0.15, -0.1) is 0 Å². The molecule has 1 rings (SSSR count). The van der Waals surface area contributed by atoms with Gasteiger partial charge in [0.2, 0.25) is 0 Å². The van der Waals surface area contributed by atoms with Crippen molar-refractivity contribution in [3.8, 4) is 0 Å². The molecule has 0 radical (unpaired) electrons. The van der Waals surface area contributed by atoms with E-state index in [1.807, 2.05) is 0 Å². The van der Waals surface area contributed by atoms with Gasteiger partial charge in [0.1, 0.15) is 0 Å². The van der Waals surface area contributed by atoms with E-state index in [1.165, 1.54) is 0 Å². The number of carboxylic acids is 2. The summed E-state index contributed by atoms with van der Waals surface area (Å²) in [6, 6.07) is 0. The number of nitrogens with one attached hydrogen (secondary N) is 1. The average Bonchev–Trinajstić information content (AvgIpc) is 2.75. The number of hydrogen-bond acceptors (Lipinski definition) is 5. The zero-order chi connectivity index (χ0) is 22.7. The van der Waals surface area contributed by atoms with Crippen molar-refractivity contribution in [3.05, 3.63) is 0 Å². The molecule has 0 amide bonds. The standard InChI is InChI=1S/C24H43NO6/c26-22(27)13-9-5-1-3-7-11-20(12-8-4-2-6-10-14-23(28)29)19-31-24(30)21-15-17-25-18-16-21/h20-21,25H,1-19H2,(H,26,27)(H,28,29). The van der Waals surface area contributed by atoms with E-state index in [4.69, 9.17) is 14.9 Å². The van der Waals surface area contributed by atoms with Crippen LogP contribution in [0.5, 0.6) is 0 Å². The van der Waals surface area contributed by atoms with Crippen molar-refractivity contribution in [3.63, 3.8) is 0 Å². The molecule has 1 saturated heterocycles. The van der Waals surface area contributed by atoms with Crippen molar-refractivity contribution in [1.82, 2.24) is 5.32 Å². The first-order valence-corrected chi connectivity index (χ1v) is 12.3. The Bertz CT molecular complexity index is 476. The summed E-state index contributed by atoms with van der Waals surface area (Å²) in [6.45, 7) is 2.26. The minimum atomic E-state index is -0.724. The van der Waals surface area contributed by atoms with E-state index in [2.05, 4.69) is 5.32 Å². The van der Waals surface area contributed by atoms with E-state index in [-0.39, 0.29) is 24.7 Å². The van der Waals surface area contributed by atoms with Gasteiger partial charge in [0.05, 0.1) is 12.5 Å². The molecule has 1 fully saturated rings. The van der Waals surface area contributed by atoms with Crippen molar-refractivity contribution >= 4 is 17.9 Å². The highest BCUT2D eigenvalue weighted by Crippen LogP contribution is 2.21. The fraction of sp³-hybridized carbons (Fsp3) is 0.875. The lowest BCUT2D eigenvalue weighted by Crippen LogP contribution is -2.33. The predicted molar refractivity (Wildman–Crippen MR) is 120 cm³/mol. The van der Waals surface area contributed by atoms with Gasteiger partial charge >= 0.3 is 17.9 Å². The first-order valence-electron chi connectivity index (χ1n) is 12.3. The van der Waals surface area contributed by atoms with Crippen LogP contribution in [-0.2, 0) is 19.1 Å². The number of unbranched alkanes of at least 4 members (excludes halogenated alkanes) is 8. The minimum absolute atomic E-state index is 0.0328. The van der Waals surface area contributed by atoms with E-state index in [0.717, 1.165) is 103 Å².